The predicted molar refractivity (Wildman–Crippen MR) is 36.2 cm³/mol. The Kier molecular flexibility index (Phi) is 1.79. The fraction of sp³-hybridized carbons (Fsp3) is 0.200. The molecule has 0 aliphatic carbocycles. The highest BCUT2D eigenvalue weighted by Gasteiger charge is 1.91. The normalized spacial score (nSPS) is 10.8. The molecule has 0 radical (unpaired) electrons. The van der Waals surface area contributed by atoms with E-state index in [1.807, 2.05) is 12.3 Å². The molecule has 3 nitrogen and oxygen atoms in total. The van der Waals surface area contributed by atoms with Gasteiger partial charge in [0.05, 0.1) is 16.9 Å². The minimum Gasteiger partial charge on any atom is -0.411 e. The van der Waals surface area contributed by atoms with Crippen LogP contribution in [0.3, 0.4) is 0 Å². The minimum absolute atomic E-state index is 0.708. The molecule has 0 atom stereocenters. The summed E-state index contributed by atoms with van der Waals surface area (Å²) in [5.41, 5.74) is 0.708. The van der Waals surface area contributed by atoms with E-state index >= 15 is 0 Å². The fourth-order valence-electron chi connectivity index (χ4n) is 0.499. The van der Waals surface area contributed by atoms with Crippen molar-refractivity contribution in [2.45, 2.75) is 6.92 Å². The summed E-state index contributed by atoms with van der Waals surface area (Å²) >= 11 is 1.53. The molecule has 48 valence electrons. The molecule has 0 saturated heterocycles. The van der Waals surface area contributed by atoms with Crippen LogP contribution in [0.5, 0.6) is 0 Å². The quantitative estimate of drug-likeness (QED) is 0.364. The van der Waals surface area contributed by atoms with E-state index in [0.717, 1.165) is 5.01 Å². The lowest BCUT2D eigenvalue weighted by atomic mass is 10.5. The smallest absolute Gasteiger partial charge is 0.0958 e. The van der Waals surface area contributed by atoms with Crippen LogP contribution in [0.15, 0.2) is 10.5 Å². The van der Waals surface area contributed by atoms with Gasteiger partial charge >= 0.3 is 0 Å². The highest BCUT2D eigenvalue weighted by molar-refractivity contribution is 7.09. The maximum Gasteiger partial charge on any atom is 0.0958 e. The van der Waals surface area contributed by atoms with Crippen LogP contribution in [0.25, 0.3) is 0 Å². The van der Waals surface area contributed by atoms with Crippen molar-refractivity contribution < 1.29 is 5.21 Å². The molecule has 1 rings (SSSR count). The molecule has 1 N–H and O–H groups in total. The summed E-state index contributed by atoms with van der Waals surface area (Å²) in [6, 6.07) is 0. The Morgan fingerprint density at radius 3 is 3.11 bits per heavy atom. The second-order valence-corrected chi connectivity index (χ2v) is 2.60. The van der Waals surface area contributed by atoms with Crippen LogP contribution in [0.2, 0.25) is 0 Å². The summed E-state index contributed by atoms with van der Waals surface area (Å²) in [5.74, 6) is 0. The van der Waals surface area contributed by atoms with Gasteiger partial charge in [0.15, 0.2) is 0 Å². The Hall–Kier alpha value is -0.900. The third-order valence-corrected chi connectivity index (χ3v) is 1.62. The second kappa shape index (κ2) is 2.59. The summed E-state index contributed by atoms with van der Waals surface area (Å²) in [6.45, 7) is 1.90. The molecule has 4 heteroatoms. The molecule has 0 aliphatic rings. The van der Waals surface area contributed by atoms with E-state index in [1.165, 1.54) is 17.6 Å². The van der Waals surface area contributed by atoms with Crippen LogP contribution in [0.4, 0.5) is 0 Å². The fourth-order valence-corrected chi connectivity index (χ4v) is 1.06. The van der Waals surface area contributed by atoms with E-state index in [2.05, 4.69) is 10.1 Å². The van der Waals surface area contributed by atoms with Crippen molar-refractivity contribution in [3.05, 3.63) is 16.1 Å². The highest BCUT2D eigenvalue weighted by Crippen LogP contribution is 2.04. The molecule has 9 heavy (non-hydrogen) atoms. The van der Waals surface area contributed by atoms with Crippen molar-refractivity contribution in [2.75, 3.05) is 0 Å². The molecular formula is C5H6N2OS. The maximum atomic E-state index is 8.06. The SMILES string of the molecule is Cc1nc(/C=N\O)cs1. The van der Waals surface area contributed by atoms with Crippen molar-refractivity contribution in [1.82, 2.24) is 4.98 Å². The first-order valence-corrected chi connectivity index (χ1v) is 3.30. The molecule has 1 heterocycles. The van der Waals surface area contributed by atoms with Gasteiger partial charge in [-0.1, -0.05) is 5.16 Å². The lowest BCUT2D eigenvalue weighted by Crippen LogP contribution is -1.78. The van der Waals surface area contributed by atoms with Crippen molar-refractivity contribution in [3.8, 4) is 0 Å². The topological polar surface area (TPSA) is 45.5 Å². The number of thiazole rings is 1. The molecule has 1 aromatic rings. The van der Waals surface area contributed by atoms with E-state index in [4.69, 9.17) is 5.21 Å². The van der Waals surface area contributed by atoms with Gasteiger partial charge in [0.1, 0.15) is 0 Å². The van der Waals surface area contributed by atoms with Gasteiger partial charge in [0.25, 0.3) is 0 Å². The van der Waals surface area contributed by atoms with Gasteiger partial charge in [-0.25, -0.2) is 4.98 Å². The summed E-state index contributed by atoms with van der Waals surface area (Å²) in [4.78, 5) is 4.01. The van der Waals surface area contributed by atoms with Gasteiger partial charge in [0, 0.05) is 5.38 Å². The molecule has 0 aromatic carbocycles. The van der Waals surface area contributed by atoms with Crippen molar-refractivity contribution in [3.63, 3.8) is 0 Å². The van der Waals surface area contributed by atoms with E-state index in [-0.39, 0.29) is 0 Å². The average molecular weight is 142 g/mol. The average Bonchev–Trinajstić information content (AvgIpc) is 2.17. The van der Waals surface area contributed by atoms with Crippen LogP contribution >= 0.6 is 11.3 Å². The Balaban J connectivity index is 2.85. The van der Waals surface area contributed by atoms with E-state index in [1.54, 1.807) is 0 Å². The van der Waals surface area contributed by atoms with Gasteiger partial charge in [-0.2, -0.15) is 0 Å². The van der Waals surface area contributed by atoms with Crippen LogP contribution < -0.4 is 0 Å². The molecule has 0 fully saturated rings. The predicted octanol–water partition coefficient (Wildman–Crippen LogP) is 1.26. The second-order valence-electron chi connectivity index (χ2n) is 1.54. The Morgan fingerprint density at radius 1 is 1.89 bits per heavy atom. The number of hydrogen-bond acceptors (Lipinski definition) is 4. The molecule has 0 bridgehead atoms. The lowest BCUT2D eigenvalue weighted by molar-refractivity contribution is 0.321. The summed E-state index contributed by atoms with van der Waals surface area (Å²) in [6.07, 6.45) is 1.31. The monoisotopic (exact) mass is 142 g/mol. The molecule has 1 aromatic heterocycles. The molecule has 0 unspecified atom stereocenters. The standard InChI is InChI=1S/C5H6N2OS/c1-4-7-5(2-6-8)3-9-4/h2-3,8H,1H3/b6-2-. The third-order valence-electron chi connectivity index (χ3n) is 0.827. The molecule has 0 saturated carbocycles. The Bertz CT molecular complexity index is 218. The molecule has 0 spiro atoms. The summed E-state index contributed by atoms with van der Waals surface area (Å²) < 4.78 is 0. The summed E-state index contributed by atoms with van der Waals surface area (Å²) in [5, 5.41) is 13.7. The summed E-state index contributed by atoms with van der Waals surface area (Å²) in [7, 11) is 0. The number of oxime groups is 1. The van der Waals surface area contributed by atoms with E-state index in [9.17, 15) is 0 Å². The zero-order chi connectivity index (χ0) is 6.69. The van der Waals surface area contributed by atoms with Crippen LogP contribution in [-0.2, 0) is 0 Å². The number of aryl methyl sites for hydroxylation is 1. The van der Waals surface area contributed by atoms with Crippen LogP contribution in [-0.4, -0.2) is 16.4 Å². The first-order chi connectivity index (χ1) is 4.33. The maximum absolute atomic E-state index is 8.06. The molecule has 0 aliphatic heterocycles. The molecular weight excluding hydrogens is 136 g/mol. The first-order valence-electron chi connectivity index (χ1n) is 2.42. The minimum atomic E-state index is 0.708. The number of rotatable bonds is 1. The Morgan fingerprint density at radius 2 is 2.67 bits per heavy atom. The van der Waals surface area contributed by atoms with Gasteiger partial charge in [-0.3, -0.25) is 0 Å². The van der Waals surface area contributed by atoms with Crippen LogP contribution in [0, 0.1) is 6.92 Å². The van der Waals surface area contributed by atoms with Gasteiger partial charge in [-0.05, 0) is 6.92 Å². The van der Waals surface area contributed by atoms with E-state index < -0.39 is 0 Å². The van der Waals surface area contributed by atoms with Gasteiger partial charge in [0.2, 0.25) is 0 Å². The lowest BCUT2D eigenvalue weighted by Gasteiger charge is -1.75. The van der Waals surface area contributed by atoms with Gasteiger partial charge < -0.3 is 5.21 Å². The van der Waals surface area contributed by atoms with Crippen molar-refractivity contribution in [1.29, 1.82) is 0 Å². The number of aromatic nitrogens is 1. The number of hydrogen-bond donors (Lipinski definition) is 1. The largest absolute Gasteiger partial charge is 0.411 e. The Labute approximate surface area is 56.7 Å². The van der Waals surface area contributed by atoms with Crippen LogP contribution in [0.1, 0.15) is 10.7 Å². The molecule has 0 amide bonds. The van der Waals surface area contributed by atoms with Gasteiger partial charge in [-0.15, -0.1) is 11.3 Å². The third kappa shape index (κ3) is 1.50. The van der Waals surface area contributed by atoms with Crippen molar-refractivity contribution >= 4 is 17.6 Å². The zero-order valence-electron chi connectivity index (χ0n) is 4.90. The van der Waals surface area contributed by atoms with E-state index in [0.29, 0.717) is 5.69 Å². The zero-order valence-corrected chi connectivity index (χ0v) is 5.72. The number of nitrogens with zero attached hydrogens (tertiary/aromatic N) is 2. The highest BCUT2D eigenvalue weighted by atomic mass is 32.1. The van der Waals surface area contributed by atoms with Crippen molar-refractivity contribution in [2.24, 2.45) is 5.16 Å². The first kappa shape index (κ1) is 6.22.